The molecule has 11 heteroatoms. The van der Waals surface area contributed by atoms with Crippen LogP contribution in [0.25, 0.3) is 0 Å². The quantitative estimate of drug-likeness (QED) is 0.354. The van der Waals surface area contributed by atoms with Gasteiger partial charge in [0.05, 0.1) is 24.8 Å². The highest BCUT2D eigenvalue weighted by molar-refractivity contribution is 7.92. The van der Waals surface area contributed by atoms with Crippen LogP contribution in [0.15, 0.2) is 71.6 Å². The highest BCUT2D eigenvalue weighted by Gasteiger charge is 2.34. The molecule has 3 aromatic rings. The van der Waals surface area contributed by atoms with Crippen LogP contribution in [0.5, 0.6) is 11.5 Å². The third-order valence-electron chi connectivity index (χ3n) is 6.40. The Morgan fingerprint density at radius 2 is 1.65 bits per heavy atom. The van der Waals surface area contributed by atoms with Gasteiger partial charge >= 0.3 is 0 Å². The highest BCUT2D eigenvalue weighted by Crippen LogP contribution is 2.32. The molecule has 9 nitrogen and oxygen atoms in total. The van der Waals surface area contributed by atoms with Crippen LogP contribution < -0.4 is 19.1 Å². The summed E-state index contributed by atoms with van der Waals surface area (Å²) in [6.45, 7) is 3.13. The number of hydrogen-bond acceptors (Lipinski definition) is 6. The van der Waals surface area contributed by atoms with Crippen LogP contribution in [0.3, 0.4) is 0 Å². The molecular formula is C29H34FN3O6S. The SMILES string of the molecule is CC[C@@H](C(=O)NC)N(Cc1cccc(C)c1)C(=O)CN(c1ccc(F)cc1)S(=O)(=O)c1ccc(OC)c(OC)c1. The van der Waals surface area contributed by atoms with Gasteiger partial charge in [-0.25, -0.2) is 12.8 Å². The molecule has 1 atom stereocenters. The zero-order valence-electron chi connectivity index (χ0n) is 23.2. The Morgan fingerprint density at radius 3 is 2.23 bits per heavy atom. The Bertz CT molecular complexity index is 1450. The number of anilines is 1. The summed E-state index contributed by atoms with van der Waals surface area (Å²) >= 11 is 0. The van der Waals surface area contributed by atoms with E-state index in [0.717, 1.165) is 27.6 Å². The maximum absolute atomic E-state index is 14.0. The lowest BCUT2D eigenvalue weighted by Gasteiger charge is -2.33. The summed E-state index contributed by atoms with van der Waals surface area (Å²) in [5.41, 5.74) is 1.83. The maximum atomic E-state index is 14.0. The zero-order valence-corrected chi connectivity index (χ0v) is 24.0. The summed E-state index contributed by atoms with van der Waals surface area (Å²) in [6, 6.07) is 15.5. The van der Waals surface area contributed by atoms with Gasteiger partial charge in [0, 0.05) is 19.7 Å². The monoisotopic (exact) mass is 571 g/mol. The summed E-state index contributed by atoms with van der Waals surface area (Å²) in [5, 5.41) is 2.59. The molecule has 0 aliphatic rings. The Kier molecular flexibility index (Phi) is 10.1. The fraction of sp³-hybridized carbons (Fsp3) is 0.310. The van der Waals surface area contributed by atoms with Crippen LogP contribution in [0.2, 0.25) is 0 Å². The summed E-state index contributed by atoms with van der Waals surface area (Å²) in [6.07, 6.45) is 0.302. The van der Waals surface area contributed by atoms with Crippen LogP contribution in [0, 0.1) is 12.7 Å². The van der Waals surface area contributed by atoms with E-state index < -0.39 is 34.3 Å². The van der Waals surface area contributed by atoms with Crippen LogP contribution in [-0.2, 0) is 26.2 Å². The first-order valence-corrected chi connectivity index (χ1v) is 14.1. The molecule has 2 amide bonds. The van der Waals surface area contributed by atoms with Crippen molar-refractivity contribution in [2.45, 2.75) is 37.8 Å². The van der Waals surface area contributed by atoms with Crippen LogP contribution >= 0.6 is 0 Å². The molecule has 40 heavy (non-hydrogen) atoms. The van der Waals surface area contributed by atoms with E-state index in [1.807, 2.05) is 31.2 Å². The minimum absolute atomic E-state index is 0.0769. The Hall–Kier alpha value is -4.12. The molecule has 3 rings (SSSR count). The van der Waals surface area contributed by atoms with Crippen molar-refractivity contribution in [3.05, 3.63) is 83.7 Å². The standard InChI is InChI=1S/C29H34FN3O6S/c1-6-25(29(35)31-3)32(18-21-9-7-8-20(2)16-21)28(34)19-33(23-12-10-22(30)11-13-23)40(36,37)24-14-15-26(38-4)27(17-24)39-5/h7-17,25H,6,18-19H2,1-5H3,(H,31,35)/t25-/m0/s1. The summed E-state index contributed by atoms with van der Waals surface area (Å²) in [4.78, 5) is 27.9. The predicted molar refractivity (Wildman–Crippen MR) is 150 cm³/mol. The van der Waals surface area contributed by atoms with Crippen molar-refractivity contribution >= 4 is 27.5 Å². The van der Waals surface area contributed by atoms with E-state index in [4.69, 9.17) is 9.47 Å². The molecule has 0 heterocycles. The van der Waals surface area contributed by atoms with Crippen LogP contribution in [0.4, 0.5) is 10.1 Å². The van der Waals surface area contributed by atoms with Gasteiger partial charge < -0.3 is 19.7 Å². The van der Waals surface area contributed by atoms with Crippen LogP contribution in [0.1, 0.15) is 24.5 Å². The Morgan fingerprint density at radius 1 is 0.975 bits per heavy atom. The smallest absolute Gasteiger partial charge is 0.264 e. The van der Waals surface area contributed by atoms with Crippen LogP contribution in [-0.4, -0.2) is 59.0 Å². The largest absolute Gasteiger partial charge is 0.493 e. The van der Waals surface area contributed by atoms with E-state index in [0.29, 0.717) is 12.2 Å². The molecule has 0 bridgehead atoms. The summed E-state index contributed by atoms with van der Waals surface area (Å²) in [7, 11) is -0.0820. The molecule has 0 fully saturated rings. The number of benzene rings is 3. The van der Waals surface area contributed by atoms with E-state index in [1.165, 1.54) is 56.5 Å². The number of carbonyl (C=O) groups is 2. The molecular weight excluding hydrogens is 537 g/mol. The molecule has 0 aromatic heterocycles. The number of carbonyl (C=O) groups excluding carboxylic acids is 2. The van der Waals surface area contributed by atoms with Gasteiger partial charge in [0.25, 0.3) is 10.0 Å². The number of rotatable bonds is 12. The van der Waals surface area contributed by atoms with E-state index >= 15 is 0 Å². The number of amides is 2. The number of sulfonamides is 1. The average molecular weight is 572 g/mol. The molecule has 0 radical (unpaired) electrons. The normalized spacial score (nSPS) is 11.8. The molecule has 0 unspecified atom stereocenters. The topological polar surface area (TPSA) is 105 Å². The van der Waals surface area contributed by atoms with Crippen molar-refractivity contribution in [3.8, 4) is 11.5 Å². The molecule has 0 aliphatic heterocycles. The molecule has 3 aromatic carbocycles. The number of hydrogen-bond donors (Lipinski definition) is 1. The second kappa shape index (κ2) is 13.3. The first-order chi connectivity index (χ1) is 19.0. The number of halogens is 1. The molecule has 214 valence electrons. The Labute approximate surface area is 234 Å². The van der Waals surface area contributed by atoms with E-state index in [-0.39, 0.29) is 28.8 Å². The summed E-state index contributed by atoms with van der Waals surface area (Å²) in [5.74, 6) is -1.04. The van der Waals surface area contributed by atoms with Gasteiger partial charge in [0.15, 0.2) is 11.5 Å². The molecule has 0 aliphatic carbocycles. The van der Waals surface area contributed by atoms with Gasteiger partial charge in [-0.1, -0.05) is 36.8 Å². The van der Waals surface area contributed by atoms with Crippen molar-refractivity contribution in [2.24, 2.45) is 0 Å². The van der Waals surface area contributed by atoms with Gasteiger partial charge in [-0.15, -0.1) is 0 Å². The number of ether oxygens (including phenoxy) is 2. The first kappa shape index (κ1) is 30.4. The fourth-order valence-corrected chi connectivity index (χ4v) is 5.76. The molecule has 1 N–H and O–H groups in total. The van der Waals surface area contributed by atoms with E-state index in [1.54, 1.807) is 6.92 Å². The number of methoxy groups -OCH3 is 2. The first-order valence-electron chi connectivity index (χ1n) is 12.6. The third-order valence-corrected chi connectivity index (χ3v) is 8.17. The molecule has 0 spiro atoms. The van der Waals surface area contributed by atoms with Gasteiger partial charge in [-0.05, 0) is 55.3 Å². The van der Waals surface area contributed by atoms with Crippen molar-refractivity contribution < 1.29 is 31.9 Å². The minimum Gasteiger partial charge on any atom is -0.493 e. The zero-order chi connectivity index (χ0) is 29.4. The van der Waals surface area contributed by atoms with E-state index in [9.17, 15) is 22.4 Å². The lowest BCUT2D eigenvalue weighted by molar-refractivity contribution is -0.140. The number of likely N-dealkylation sites (N-methyl/N-ethyl adjacent to an activating group) is 1. The van der Waals surface area contributed by atoms with Gasteiger partial charge in [0.1, 0.15) is 18.4 Å². The van der Waals surface area contributed by atoms with Crippen molar-refractivity contribution in [1.82, 2.24) is 10.2 Å². The van der Waals surface area contributed by atoms with Gasteiger partial charge in [-0.3, -0.25) is 13.9 Å². The highest BCUT2D eigenvalue weighted by atomic mass is 32.2. The average Bonchev–Trinajstić information content (AvgIpc) is 2.95. The second-order valence-electron chi connectivity index (χ2n) is 9.05. The third kappa shape index (κ3) is 6.90. The van der Waals surface area contributed by atoms with Crippen molar-refractivity contribution in [3.63, 3.8) is 0 Å². The fourth-order valence-electron chi connectivity index (χ4n) is 4.33. The lowest BCUT2D eigenvalue weighted by atomic mass is 10.1. The number of nitrogens with zero attached hydrogens (tertiary/aromatic N) is 2. The van der Waals surface area contributed by atoms with Crippen molar-refractivity contribution in [1.29, 1.82) is 0 Å². The number of aryl methyl sites for hydroxylation is 1. The molecule has 0 saturated heterocycles. The number of nitrogens with one attached hydrogen (secondary N) is 1. The lowest BCUT2D eigenvalue weighted by Crippen LogP contribution is -2.51. The van der Waals surface area contributed by atoms with E-state index in [2.05, 4.69) is 5.32 Å². The Balaban J connectivity index is 2.09. The van der Waals surface area contributed by atoms with Gasteiger partial charge in [0.2, 0.25) is 11.8 Å². The second-order valence-corrected chi connectivity index (χ2v) is 10.9. The predicted octanol–water partition coefficient (Wildman–Crippen LogP) is 3.90. The maximum Gasteiger partial charge on any atom is 0.264 e. The van der Waals surface area contributed by atoms with Gasteiger partial charge in [-0.2, -0.15) is 0 Å². The minimum atomic E-state index is -4.36. The molecule has 0 saturated carbocycles. The summed E-state index contributed by atoms with van der Waals surface area (Å²) < 4.78 is 53.1. The van der Waals surface area contributed by atoms with Crippen molar-refractivity contribution in [2.75, 3.05) is 32.1 Å².